The molecule has 1 unspecified atom stereocenters. The van der Waals surface area contributed by atoms with Crippen LogP contribution in [-0.4, -0.2) is 15.6 Å². The summed E-state index contributed by atoms with van der Waals surface area (Å²) < 4.78 is 15.9. The number of rotatable bonds is 3. The molecule has 0 amide bonds. The highest BCUT2D eigenvalue weighted by Gasteiger charge is 2.29. The Morgan fingerprint density at radius 3 is 2.90 bits per heavy atom. The lowest BCUT2D eigenvalue weighted by molar-refractivity contribution is -0.142. The Hall–Kier alpha value is -1.84. The van der Waals surface area contributed by atoms with Gasteiger partial charge in [-0.3, -0.25) is 4.79 Å². The van der Waals surface area contributed by atoms with Crippen LogP contribution in [0.25, 0.3) is 10.9 Å². The van der Waals surface area contributed by atoms with Crippen molar-refractivity contribution >= 4 is 16.9 Å². The third kappa shape index (κ3) is 2.43. The predicted molar refractivity (Wildman–Crippen MR) is 79.9 cm³/mol. The van der Waals surface area contributed by atoms with Crippen molar-refractivity contribution in [1.29, 1.82) is 0 Å². The zero-order valence-corrected chi connectivity index (χ0v) is 12.4. The normalized spacial score (nSPS) is 18.2. The second kappa shape index (κ2) is 5.17. The Bertz CT molecular complexity index is 702. The van der Waals surface area contributed by atoms with E-state index in [0.29, 0.717) is 18.8 Å². The summed E-state index contributed by atoms with van der Waals surface area (Å²) in [4.78, 5) is 11.3. The molecule has 1 aromatic carbocycles. The molecule has 0 bridgehead atoms. The molecule has 0 radical (unpaired) electrons. The van der Waals surface area contributed by atoms with Crippen LogP contribution in [0, 0.1) is 17.7 Å². The van der Waals surface area contributed by atoms with Crippen LogP contribution >= 0.6 is 0 Å². The van der Waals surface area contributed by atoms with Crippen LogP contribution in [0.1, 0.15) is 31.5 Å². The summed E-state index contributed by atoms with van der Waals surface area (Å²) in [5.41, 5.74) is 3.26. The molecule has 1 heterocycles. The molecule has 0 aliphatic heterocycles. The van der Waals surface area contributed by atoms with E-state index in [4.69, 9.17) is 0 Å². The first kappa shape index (κ1) is 14.1. The Labute approximate surface area is 123 Å². The third-order valence-corrected chi connectivity index (χ3v) is 4.33. The maximum Gasteiger partial charge on any atom is 0.306 e. The van der Waals surface area contributed by atoms with Gasteiger partial charge in [0.1, 0.15) is 5.82 Å². The third-order valence-electron chi connectivity index (χ3n) is 4.33. The lowest BCUT2D eigenvalue weighted by atomic mass is 9.86. The summed E-state index contributed by atoms with van der Waals surface area (Å²) in [6, 6.07) is 4.86. The first-order valence-electron chi connectivity index (χ1n) is 7.49. The van der Waals surface area contributed by atoms with Gasteiger partial charge in [0.25, 0.3) is 0 Å². The summed E-state index contributed by atoms with van der Waals surface area (Å²) in [5, 5.41) is 10.1. The van der Waals surface area contributed by atoms with E-state index in [1.165, 1.54) is 11.8 Å². The van der Waals surface area contributed by atoms with Gasteiger partial charge >= 0.3 is 5.97 Å². The van der Waals surface area contributed by atoms with Gasteiger partial charge in [0.15, 0.2) is 0 Å². The largest absolute Gasteiger partial charge is 0.481 e. The quantitative estimate of drug-likeness (QED) is 0.937. The Balaban J connectivity index is 2.18. The van der Waals surface area contributed by atoms with Gasteiger partial charge in [-0.2, -0.15) is 0 Å². The highest BCUT2D eigenvalue weighted by atomic mass is 19.1. The minimum atomic E-state index is -0.748. The molecule has 0 saturated carbocycles. The fourth-order valence-corrected chi connectivity index (χ4v) is 3.41. The SMILES string of the molecule is CC(C)Cn1c2c(c3cc(F)ccc31)CC(C(=O)O)CC2. The summed E-state index contributed by atoms with van der Waals surface area (Å²) in [6.07, 6.45) is 1.93. The van der Waals surface area contributed by atoms with E-state index in [1.807, 2.05) is 6.07 Å². The van der Waals surface area contributed by atoms with E-state index in [-0.39, 0.29) is 11.7 Å². The number of benzene rings is 1. The molecule has 0 fully saturated rings. The molecule has 0 spiro atoms. The van der Waals surface area contributed by atoms with Gasteiger partial charge in [0.05, 0.1) is 5.92 Å². The molecule has 1 atom stereocenters. The van der Waals surface area contributed by atoms with Gasteiger partial charge in [-0.05, 0) is 48.9 Å². The zero-order valence-electron chi connectivity index (χ0n) is 12.4. The number of halogens is 1. The van der Waals surface area contributed by atoms with Crippen molar-refractivity contribution in [2.45, 2.75) is 39.7 Å². The molecular weight excluding hydrogens is 269 g/mol. The van der Waals surface area contributed by atoms with Crippen molar-refractivity contribution in [3.63, 3.8) is 0 Å². The highest BCUT2D eigenvalue weighted by molar-refractivity contribution is 5.87. The van der Waals surface area contributed by atoms with Crippen molar-refractivity contribution in [2.75, 3.05) is 0 Å². The number of carboxylic acid groups (broad SMARTS) is 1. The highest BCUT2D eigenvalue weighted by Crippen LogP contribution is 2.35. The molecule has 1 aromatic heterocycles. The first-order valence-corrected chi connectivity index (χ1v) is 7.49. The predicted octanol–water partition coefficient (Wildman–Crippen LogP) is 3.63. The number of fused-ring (bicyclic) bond motifs is 3. The van der Waals surface area contributed by atoms with Crippen LogP contribution in [0.15, 0.2) is 18.2 Å². The van der Waals surface area contributed by atoms with Crippen LogP contribution in [0.5, 0.6) is 0 Å². The standard InChI is InChI=1S/C17H20FNO2/c1-10(2)9-19-15-5-3-11(17(20)21)7-13(15)14-8-12(18)4-6-16(14)19/h4,6,8,10-11H,3,5,7,9H2,1-2H3,(H,20,21). The fourth-order valence-electron chi connectivity index (χ4n) is 3.41. The number of hydrogen-bond donors (Lipinski definition) is 1. The average molecular weight is 289 g/mol. The van der Waals surface area contributed by atoms with Crippen LogP contribution < -0.4 is 0 Å². The number of aromatic nitrogens is 1. The molecule has 0 saturated heterocycles. The van der Waals surface area contributed by atoms with Crippen molar-refractivity contribution < 1.29 is 14.3 Å². The van der Waals surface area contributed by atoms with Gasteiger partial charge in [-0.1, -0.05) is 13.8 Å². The average Bonchev–Trinajstić information content (AvgIpc) is 2.71. The Kier molecular flexibility index (Phi) is 3.47. The number of hydrogen-bond acceptors (Lipinski definition) is 1. The summed E-state index contributed by atoms with van der Waals surface area (Å²) in [5.74, 6) is -0.864. The number of carboxylic acids is 1. The molecular formula is C17H20FNO2. The van der Waals surface area contributed by atoms with Crippen molar-refractivity contribution in [3.8, 4) is 0 Å². The van der Waals surface area contributed by atoms with Crippen molar-refractivity contribution in [2.24, 2.45) is 11.8 Å². The first-order chi connectivity index (χ1) is 9.97. The molecule has 21 heavy (non-hydrogen) atoms. The topological polar surface area (TPSA) is 42.2 Å². The van der Waals surface area contributed by atoms with Crippen LogP contribution in [-0.2, 0) is 24.2 Å². The number of aliphatic carboxylic acids is 1. The summed E-state index contributed by atoms with van der Waals surface area (Å²) >= 11 is 0. The van der Waals surface area contributed by atoms with Crippen LogP contribution in [0.2, 0.25) is 0 Å². The van der Waals surface area contributed by atoms with Gasteiger partial charge in [-0.15, -0.1) is 0 Å². The molecule has 1 aliphatic carbocycles. The molecule has 1 aliphatic rings. The smallest absolute Gasteiger partial charge is 0.306 e. The van der Waals surface area contributed by atoms with Gasteiger partial charge in [-0.25, -0.2) is 4.39 Å². The lowest BCUT2D eigenvalue weighted by Crippen LogP contribution is -2.23. The maximum absolute atomic E-state index is 13.6. The molecule has 3 nitrogen and oxygen atoms in total. The monoisotopic (exact) mass is 289 g/mol. The minimum Gasteiger partial charge on any atom is -0.481 e. The van der Waals surface area contributed by atoms with Gasteiger partial charge < -0.3 is 9.67 Å². The number of carbonyl (C=O) groups is 1. The minimum absolute atomic E-state index is 0.260. The summed E-state index contributed by atoms with van der Waals surface area (Å²) in [7, 11) is 0. The second-order valence-electron chi connectivity index (χ2n) is 6.37. The van der Waals surface area contributed by atoms with E-state index < -0.39 is 5.97 Å². The molecule has 1 N–H and O–H groups in total. The zero-order chi connectivity index (χ0) is 15.1. The van der Waals surface area contributed by atoms with Crippen molar-refractivity contribution in [3.05, 3.63) is 35.3 Å². The van der Waals surface area contributed by atoms with E-state index in [2.05, 4.69) is 18.4 Å². The Morgan fingerprint density at radius 1 is 1.48 bits per heavy atom. The molecule has 2 aromatic rings. The molecule has 112 valence electrons. The molecule has 4 heteroatoms. The lowest BCUT2D eigenvalue weighted by Gasteiger charge is -2.21. The second-order valence-corrected chi connectivity index (χ2v) is 6.37. The van der Waals surface area contributed by atoms with Crippen LogP contribution in [0.4, 0.5) is 4.39 Å². The maximum atomic E-state index is 13.6. The van der Waals surface area contributed by atoms with E-state index >= 15 is 0 Å². The van der Waals surface area contributed by atoms with Gasteiger partial charge in [0, 0.05) is 23.1 Å². The van der Waals surface area contributed by atoms with Crippen molar-refractivity contribution in [1.82, 2.24) is 4.57 Å². The fraction of sp³-hybridized carbons (Fsp3) is 0.471. The van der Waals surface area contributed by atoms with E-state index in [0.717, 1.165) is 29.4 Å². The Morgan fingerprint density at radius 2 is 2.24 bits per heavy atom. The summed E-state index contributed by atoms with van der Waals surface area (Å²) in [6.45, 7) is 5.20. The molecule has 3 rings (SSSR count). The number of nitrogens with zero attached hydrogens (tertiary/aromatic N) is 1. The van der Waals surface area contributed by atoms with Crippen LogP contribution in [0.3, 0.4) is 0 Å². The van der Waals surface area contributed by atoms with Gasteiger partial charge in [0.2, 0.25) is 0 Å². The van der Waals surface area contributed by atoms with E-state index in [9.17, 15) is 14.3 Å². The van der Waals surface area contributed by atoms with E-state index in [1.54, 1.807) is 6.07 Å².